The first-order valence-corrected chi connectivity index (χ1v) is 8.91. The number of Topliss-reactive ketones (excluding diaryl/α,β-unsaturated/α-hetero) is 3. The molecule has 0 radical (unpaired) electrons. The van der Waals surface area contributed by atoms with Crippen molar-refractivity contribution in [2.75, 3.05) is 20.3 Å². The van der Waals surface area contributed by atoms with E-state index in [4.69, 9.17) is 9.47 Å². The Hall–Kier alpha value is -2.13. The van der Waals surface area contributed by atoms with Gasteiger partial charge in [0.25, 0.3) is 0 Å². The second-order valence-corrected chi connectivity index (χ2v) is 6.69. The van der Waals surface area contributed by atoms with Crippen molar-refractivity contribution in [1.82, 2.24) is 4.98 Å². The zero-order valence-corrected chi connectivity index (χ0v) is 15.7. The van der Waals surface area contributed by atoms with E-state index in [0.29, 0.717) is 18.9 Å². The van der Waals surface area contributed by atoms with Crippen LogP contribution in [0.2, 0.25) is 0 Å². The molecule has 0 bridgehead atoms. The van der Waals surface area contributed by atoms with Gasteiger partial charge >= 0.3 is 6.18 Å². The first kappa shape index (κ1) is 22.2. The van der Waals surface area contributed by atoms with Gasteiger partial charge in [-0.2, -0.15) is 13.2 Å². The topological polar surface area (TPSA) is 82.6 Å². The fraction of sp³-hybridized carbons (Fsp3) is 0.579. The Labute approximate surface area is 160 Å². The van der Waals surface area contributed by atoms with Crippen molar-refractivity contribution < 1.29 is 37.0 Å². The van der Waals surface area contributed by atoms with E-state index in [1.165, 1.54) is 7.11 Å². The maximum absolute atomic E-state index is 13.0. The minimum atomic E-state index is -4.70. The smallest absolute Gasteiger partial charge is 0.382 e. The Morgan fingerprint density at radius 2 is 1.96 bits per heavy atom. The van der Waals surface area contributed by atoms with Crippen LogP contribution in [0.3, 0.4) is 0 Å². The SMILES string of the molecule is COCCOCc1nc(C(F)(F)F)ccc1C(=O)C1C(=O)CCCC(C)C1=O. The van der Waals surface area contributed by atoms with Gasteiger partial charge in [0.15, 0.2) is 17.3 Å². The van der Waals surface area contributed by atoms with Gasteiger partial charge in [-0.3, -0.25) is 14.4 Å². The Morgan fingerprint density at radius 3 is 2.61 bits per heavy atom. The van der Waals surface area contributed by atoms with E-state index in [-0.39, 0.29) is 37.5 Å². The van der Waals surface area contributed by atoms with Crippen LogP contribution in [-0.2, 0) is 31.8 Å². The summed E-state index contributed by atoms with van der Waals surface area (Å²) in [5.41, 5.74) is -1.64. The van der Waals surface area contributed by atoms with E-state index in [0.717, 1.165) is 6.07 Å². The number of methoxy groups -OCH3 is 1. The summed E-state index contributed by atoms with van der Waals surface area (Å²) in [4.78, 5) is 41.3. The average molecular weight is 401 g/mol. The normalized spacial score (nSPS) is 20.9. The van der Waals surface area contributed by atoms with Crippen LogP contribution in [-0.4, -0.2) is 42.7 Å². The predicted molar refractivity (Wildman–Crippen MR) is 91.6 cm³/mol. The quantitative estimate of drug-likeness (QED) is 0.302. The first-order valence-electron chi connectivity index (χ1n) is 8.91. The third-order valence-corrected chi connectivity index (χ3v) is 4.62. The number of pyridine rings is 1. The number of ether oxygens (including phenoxy) is 2. The molecule has 2 rings (SSSR count). The number of carbonyl (C=O) groups excluding carboxylic acids is 3. The van der Waals surface area contributed by atoms with Crippen molar-refractivity contribution in [2.24, 2.45) is 11.8 Å². The van der Waals surface area contributed by atoms with E-state index in [1.54, 1.807) is 6.92 Å². The highest BCUT2D eigenvalue weighted by Gasteiger charge is 2.40. The molecule has 0 aromatic carbocycles. The van der Waals surface area contributed by atoms with Crippen LogP contribution in [0.15, 0.2) is 12.1 Å². The van der Waals surface area contributed by atoms with Crippen LogP contribution < -0.4 is 0 Å². The summed E-state index contributed by atoms with van der Waals surface area (Å²) in [6, 6.07) is 1.63. The van der Waals surface area contributed by atoms with Crippen LogP contribution in [0, 0.1) is 11.8 Å². The molecule has 1 fully saturated rings. The number of halogens is 3. The predicted octanol–water partition coefficient (Wildman–Crippen LogP) is 3.02. The number of rotatable bonds is 7. The molecule has 1 saturated carbocycles. The molecule has 9 heteroatoms. The fourth-order valence-electron chi connectivity index (χ4n) is 3.05. The zero-order valence-electron chi connectivity index (χ0n) is 15.7. The van der Waals surface area contributed by atoms with E-state index in [1.807, 2.05) is 0 Å². The number of nitrogens with zero attached hydrogens (tertiary/aromatic N) is 1. The summed E-state index contributed by atoms with van der Waals surface area (Å²) < 4.78 is 49.1. The highest BCUT2D eigenvalue weighted by Crippen LogP contribution is 2.30. The summed E-state index contributed by atoms with van der Waals surface area (Å²) in [7, 11) is 1.44. The van der Waals surface area contributed by atoms with Crippen LogP contribution in [0.1, 0.15) is 47.9 Å². The van der Waals surface area contributed by atoms with Gasteiger partial charge in [-0.1, -0.05) is 6.92 Å². The van der Waals surface area contributed by atoms with Crippen molar-refractivity contribution in [2.45, 2.75) is 39.0 Å². The summed E-state index contributed by atoms with van der Waals surface area (Å²) in [5.74, 6) is -3.81. The van der Waals surface area contributed by atoms with Crippen molar-refractivity contribution >= 4 is 17.3 Å². The molecule has 28 heavy (non-hydrogen) atoms. The standard InChI is InChI=1S/C19H22F3NO5/c1-11-4-3-5-14(24)16(17(11)25)18(26)12-6-7-15(19(20,21)22)23-13(12)10-28-9-8-27-2/h6-7,11,16H,3-5,8-10H2,1-2H3. The molecular formula is C19H22F3NO5. The lowest BCUT2D eigenvalue weighted by Crippen LogP contribution is -2.34. The van der Waals surface area contributed by atoms with E-state index in [2.05, 4.69) is 4.98 Å². The number of ketones is 3. The van der Waals surface area contributed by atoms with Crippen LogP contribution in [0.25, 0.3) is 0 Å². The molecule has 1 heterocycles. The van der Waals surface area contributed by atoms with Crippen LogP contribution in [0.5, 0.6) is 0 Å². The Bertz CT molecular complexity index is 748. The minimum Gasteiger partial charge on any atom is -0.382 e. The molecule has 154 valence electrons. The number of aromatic nitrogens is 1. The van der Waals surface area contributed by atoms with Gasteiger partial charge in [-0.15, -0.1) is 0 Å². The molecule has 6 nitrogen and oxygen atoms in total. The van der Waals surface area contributed by atoms with Gasteiger partial charge in [0, 0.05) is 25.0 Å². The Balaban J connectivity index is 2.39. The fourth-order valence-corrected chi connectivity index (χ4v) is 3.05. The van der Waals surface area contributed by atoms with E-state index >= 15 is 0 Å². The molecular weight excluding hydrogens is 379 g/mol. The molecule has 1 aromatic rings. The second-order valence-electron chi connectivity index (χ2n) is 6.69. The lowest BCUT2D eigenvalue weighted by atomic mass is 9.85. The van der Waals surface area contributed by atoms with Crippen LogP contribution >= 0.6 is 0 Å². The monoisotopic (exact) mass is 401 g/mol. The number of hydrogen-bond acceptors (Lipinski definition) is 6. The van der Waals surface area contributed by atoms with Gasteiger partial charge in [0.05, 0.1) is 25.5 Å². The molecule has 1 aromatic heterocycles. The van der Waals surface area contributed by atoms with Crippen LogP contribution in [0.4, 0.5) is 13.2 Å². The van der Waals surface area contributed by atoms with Gasteiger partial charge in [0.2, 0.25) is 0 Å². The summed E-state index contributed by atoms with van der Waals surface area (Å²) in [6.45, 7) is 1.56. The van der Waals surface area contributed by atoms with E-state index < -0.39 is 41.1 Å². The lowest BCUT2D eigenvalue weighted by Gasteiger charge is -2.17. The number of carbonyl (C=O) groups is 3. The molecule has 0 aliphatic heterocycles. The summed E-state index contributed by atoms with van der Waals surface area (Å²) in [5, 5.41) is 0. The maximum Gasteiger partial charge on any atom is 0.433 e. The Kier molecular flexibility index (Phi) is 7.42. The number of alkyl halides is 3. The Morgan fingerprint density at radius 1 is 1.25 bits per heavy atom. The molecule has 0 N–H and O–H groups in total. The van der Waals surface area contributed by atoms with Crippen molar-refractivity contribution in [3.05, 3.63) is 29.1 Å². The van der Waals surface area contributed by atoms with Crippen molar-refractivity contribution in [3.8, 4) is 0 Å². The molecule has 1 aliphatic carbocycles. The first-order chi connectivity index (χ1) is 13.2. The highest BCUT2D eigenvalue weighted by atomic mass is 19.4. The minimum absolute atomic E-state index is 0.0836. The zero-order chi connectivity index (χ0) is 20.9. The van der Waals surface area contributed by atoms with Crippen molar-refractivity contribution in [3.63, 3.8) is 0 Å². The average Bonchev–Trinajstić information content (AvgIpc) is 2.75. The van der Waals surface area contributed by atoms with Gasteiger partial charge in [-0.05, 0) is 25.0 Å². The largest absolute Gasteiger partial charge is 0.433 e. The highest BCUT2D eigenvalue weighted by molar-refractivity contribution is 6.25. The molecule has 2 atom stereocenters. The molecule has 2 unspecified atom stereocenters. The van der Waals surface area contributed by atoms with Crippen molar-refractivity contribution in [1.29, 1.82) is 0 Å². The maximum atomic E-state index is 13.0. The van der Waals surface area contributed by atoms with E-state index in [9.17, 15) is 27.6 Å². The second kappa shape index (κ2) is 9.38. The molecule has 0 spiro atoms. The summed E-state index contributed by atoms with van der Waals surface area (Å²) in [6.07, 6.45) is -3.63. The van der Waals surface area contributed by atoms with Gasteiger partial charge in [0.1, 0.15) is 11.6 Å². The summed E-state index contributed by atoms with van der Waals surface area (Å²) >= 11 is 0. The van der Waals surface area contributed by atoms with Gasteiger partial charge < -0.3 is 9.47 Å². The third-order valence-electron chi connectivity index (χ3n) is 4.62. The third kappa shape index (κ3) is 5.23. The molecule has 0 amide bonds. The number of hydrogen-bond donors (Lipinski definition) is 0. The molecule has 1 aliphatic rings. The lowest BCUT2D eigenvalue weighted by molar-refractivity contribution is -0.141. The van der Waals surface area contributed by atoms with Gasteiger partial charge in [-0.25, -0.2) is 4.98 Å². The molecule has 0 saturated heterocycles.